The lowest BCUT2D eigenvalue weighted by molar-refractivity contribution is -0.200. The van der Waals surface area contributed by atoms with Crippen LogP contribution in [0.5, 0.6) is 0 Å². The highest BCUT2D eigenvalue weighted by Gasteiger charge is 2.38. The largest absolute Gasteiger partial charge is 0.415 e. The fourth-order valence-corrected chi connectivity index (χ4v) is 0.898. The molecule has 0 aliphatic heterocycles. The van der Waals surface area contributed by atoms with Gasteiger partial charge in [-0.1, -0.05) is 0 Å². The Labute approximate surface area is 73.1 Å². The summed E-state index contributed by atoms with van der Waals surface area (Å²) in [4.78, 5) is 0. The van der Waals surface area contributed by atoms with E-state index >= 15 is 0 Å². The van der Waals surface area contributed by atoms with Gasteiger partial charge >= 0.3 is 6.18 Å². The monoisotopic (exact) mass is 222 g/mol. The molecule has 1 unspecified atom stereocenters. The van der Waals surface area contributed by atoms with Crippen LogP contribution in [0.25, 0.3) is 0 Å². The Morgan fingerprint density at radius 3 is 2.23 bits per heavy atom. The van der Waals surface area contributed by atoms with Crippen LogP contribution in [0.15, 0.2) is 0 Å². The molecule has 5 nitrogen and oxygen atoms in total. The molecule has 0 aromatic rings. The van der Waals surface area contributed by atoms with Crippen LogP contribution in [0, 0.1) is 0 Å². The average molecular weight is 222 g/mol. The van der Waals surface area contributed by atoms with Crippen LogP contribution in [0.1, 0.15) is 0 Å². The molecule has 3 N–H and O–H groups in total. The van der Waals surface area contributed by atoms with Gasteiger partial charge in [0.15, 0.2) is 6.10 Å². The van der Waals surface area contributed by atoms with Crippen LogP contribution in [0.3, 0.4) is 0 Å². The third-order valence-corrected chi connectivity index (χ3v) is 2.20. The minimum Gasteiger partial charge on any atom is -0.382 e. The first kappa shape index (κ1) is 12.6. The molecule has 13 heavy (non-hydrogen) atoms. The number of aliphatic hydroxyl groups excluding tert-OH is 1. The standard InChI is InChI=1S/C4H9F3N2O3S/c1-8-13(11,12)9-2-3(10)4(5,6)7/h3,8-10H,2H2,1H3. The highest BCUT2D eigenvalue weighted by molar-refractivity contribution is 7.87. The zero-order valence-corrected chi connectivity index (χ0v) is 7.41. The molecule has 0 aliphatic carbocycles. The van der Waals surface area contributed by atoms with E-state index in [2.05, 4.69) is 0 Å². The average Bonchev–Trinajstić information content (AvgIpc) is 1.98. The van der Waals surface area contributed by atoms with E-state index in [-0.39, 0.29) is 0 Å². The number of hydrogen-bond acceptors (Lipinski definition) is 3. The fraction of sp³-hybridized carbons (Fsp3) is 1.00. The predicted octanol–water partition coefficient (Wildman–Crippen LogP) is -1.04. The minimum atomic E-state index is -4.82. The van der Waals surface area contributed by atoms with Gasteiger partial charge in [0.1, 0.15) is 0 Å². The normalized spacial score (nSPS) is 15.8. The third-order valence-electron chi connectivity index (χ3n) is 1.11. The van der Waals surface area contributed by atoms with Gasteiger partial charge in [0, 0.05) is 13.6 Å². The summed E-state index contributed by atoms with van der Waals surface area (Å²) in [6.45, 7) is -1.10. The van der Waals surface area contributed by atoms with E-state index in [1.54, 1.807) is 4.72 Å². The second-order valence-electron chi connectivity index (χ2n) is 2.11. The Balaban J connectivity index is 4.05. The summed E-state index contributed by atoms with van der Waals surface area (Å²) < 4.78 is 59.2. The zero-order valence-electron chi connectivity index (χ0n) is 6.59. The van der Waals surface area contributed by atoms with E-state index in [1.807, 2.05) is 0 Å². The van der Waals surface area contributed by atoms with Crippen molar-refractivity contribution in [2.24, 2.45) is 0 Å². The van der Waals surface area contributed by atoms with Gasteiger partial charge in [0.2, 0.25) is 0 Å². The van der Waals surface area contributed by atoms with Crippen molar-refractivity contribution in [3.63, 3.8) is 0 Å². The number of alkyl halides is 3. The maximum absolute atomic E-state index is 11.6. The molecular formula is C4H9F3N2O3S. The molecule has 0 bridgehead atoms. The van der Waals surface area contributed by atoms with E-state index in [9.17, 15) is 21.6 Å². The van der Waals surface area contributed by atoms with Crippen LogP contribution in [-0.2, 0) is 10.2 Å². The van der Waals surface area contributed by atoms with Crippen molar-refractivity contribution in [2.45, 2.75) is 12.3 Å². The van der Waals surface area contributed by atoms with Crippen LogP contribution >= 0.6 is 0 Å². The predicted molar refractivity (Wildman–Crippen MR) is 38.0 cm³/mol. The van der Waals surface area contributed by atoms with Gasteiger partial charge in [-0.2, -0.15) is 26.3 Å². The van der Waals surface area contributed by atoms with E-state index in [1.165, 1.54) is 4.72 Å². The molecule has 0 amide bonds. The van der Waals surface area contributed by atoms with Crippen molar-refractivity contribution in [3.05, 3.63) is 0 Å². The Hall–Kier alpha value is -0.380. The molecular weight excluding hydrogens is 213 g/mol. The van der Waals surface area contributed by atoms with Crippen molar-refractivity contribution in [2.75, 3.05) is 13.6 Å². The summed E-state index contributed by atoms with van der Waals surface area (Å²) in [6.07, 6.45) is -7.52. The highest BCUT2D eigenvalue weighted by Crippen LogP contribution is 2.19. The summed E-state index contributed by atoms with van der Waals surface area (Å²) in [7, 11) is -2.90. The van der Waals surface area contributed by atoms with Crippen molar-refractivity contribution in [1.82, 2.24) is 9.44 Å². The van der Waals surface area contributed by atoms with E-state index in [0.29, 0.717) is 0 Å². The number of nitrogens with one attached hydrogen (secondary N) is 2. The molecule has 9 heteroatoms. The minimum absolute atomic E-state index is 1.03. The number of hydrogen-bond donors (Lipinski definition) is 3. The lowest BCUT2D eigenvalue weighted by Crippen LogP contribution is -2.43. The molecule has 0 heterocycles. The van der Waals surface area contributed by atoms with Gasteiger partial charge in [-0.3, -0.25) is 0 Å². The lowest BCUT2D eigenvalue weighted by Gasteiger charge is -2.14. The Kier molecular flexibility index (Phi) is 4.10. The van der Waals surface area contributed by atoms with E-state index in [4.69, 9.17) is 5.11 Å². The number of halogens is 3. The SMILES string of the molecule is CNS(=O)(=O)NCC(O)C(F)(F)F. The topological polar surface area (TPSA) is 78.4 Å². The second kappa shape index (κ2) is 4.22. The van der Waals surface area contributed by atoms with Gasteiger partial charge < -0.3 is 5.11 Å². The summed E-state index contributed by atoms with van der Waals surface area (Å²) in [5.41, 5.74) is 0. The van der Waals surface area contributed by atoms with Gasteiger partial charge in [0.25, 0.3) is 10.2 Å². The summed E-state index contributed by atoms with van der Waals surface area (Å²) in [5, 5.41) is 8.36. The molecule has 0 saturated carbocycles. The van der Waals surface area contributed by atoms with Crippen LogP contribution in [-0.4, -0.2) is 39.4 Å². The Morgan fingerprint density at radius 1 is 1.46 bits per heavy atom. The Bertz CT molecular complexity index is 250. The second-order valence-corrected chi connectivity index (χ2v) is 3.82. The van der Waals surface area contributed by atoms with Crippen molar-refractivity contribution >= 4 is 10.2 Å². The van der Waals surface area contributed by atoms with Crippen LogP contribution in [0.4, 0.5) is 13.2 Å². The molecule has 80 valence electrons. The maximum atomic E-state index is 11.6. The van der Waals surface area contributed by atoms with Crippen molar-refractivity contribution in [3.8, 4) is 0 Å². The van der Waals surface area contributed by atoms with Gasteiger partial charge in [-0.25, -0.2) is 4.72 Å². The molecule has 0 aliphatic rings. The van der Waals surface area contributed by atoms with E-state index < -0.39 is 29.0 Å². The maximum Gasteiger partial charge on any atom is 0.415 e. The van der Waals surface area contributed by atoms with Gasteiger partial charge in [-0.05, 0) is 0 Å². The van der Waals surface area contributed by atoms with Crippen LogP contribution < -0.4 is 9.44 Å². The van der Waals surface area contributed by atoms with Gasteiger partial charge in [0.05, 0.1) is 0 Å². The molecule has 0 aromatic carbocycles. The highest BCUT2D eigenvalue weighted by atomic mass is 32.2. The molecule has 0 radical (unpaired) electrons. The fourth-order valence-electron chi connectivity index (χ4n) is 0.377. The van der Waals surface area contributed by atoms with Crippen molar-refractivity contribution < 1.29 is 26.7 Å². The Morgan fingerprint density at radius 2 is 1.92 bits per heavy atom. The van der Waals surface area contributed by atoms with Crippen LogP contribution in [0.2, 0.25) is 0 Å². The first-order valence-corrected chi connectivity index (χ1v) is 4.60. The molecule has 0 rings (SSSR count). The first-order valence-electron chi connectivity index (χ1n) is 3.12. The lowest BCUT2D eigenvalue weighted by atomic mass is 10.4. The zero-order chi connectivity index (χ0) is 10.7. The molecule has 0 saturated heterocycles. The number of aliphatic hydroxyl groups is 1. The van der Waals surface area contributed by atoms with Gasteiger partial charge in [-0.15, -0.1) is 0 Å². The molecule has 1 atom stereocenters. The van der Waals surface area contributed by atoms with Crippen molar-refractivity contribution in [1.29, 1.82) is 0 Å². The summed E-state index contributed by atoms with van der Waals surface area (Å²) >= 11 is 0. The molecule has 0 aromatic heterocycles. The van der Waals surface area contributed by atoms with E-state index in [0.717, 1.165) is 7.05 Å². The molecule has 0 fully saturated rings. The quantitative estimate of drug-likeness (QED) is 0.568. The number of rotatable bonds is 4. The summed E-state index contributed by atoms with van der Waals surface area (Å²) in [6, 6.07) is 0. The third kappa shape index (κ3) is 5.03. The first-order chi connectivity index (χ1) is 5.69. The smallest absolute Gasteiger partial charge is 0.382 e. The molecule has 0 spiro atoms. The summed E-state index contributed by atoms with van der Waals surface area (Å²) in [5.74, 6) is 0.